The molecule has 0 aliphatic heterocycles. The number of anilines is 1. The number of benzene rings is 2. The highest BCUT2D eigenvalue weighted by Crippen LogP contribution is 2.16. The van der Waals surface area contributed by atoms with Gasteiger partial charge in [-0.3, -0.25) is 4.79 Å². The molecule has 1 amide bonds. The number of amides is 1. The molecule has 2 aromatic carbocycles. The zero-order valence-corrected chi connectivity index (χ0v) is 17.8. The van der Waals surface area contributed by atoms with Gasteiger partial charge >= 0.3 is 5.97 Å². The fourth-order valence-corrected chi connectivity index (χ4v) is 3.76. The number of sulfonamides is 1. The van der Waals surface area contributed by atoms with Crippen molar-refractivity contribution < 1.29 is 27.2 Å². The average Bonchev–Trinajstić information content (AvgIpc) is 3.31. The van der Waals surface area contributed by atoms with Crippen molar-refractivity contribution in [2.45, 2.75) is 24.5 Å². The molecule has 0 saturated carbocycles. The van der Waals surface area contributed by atoms with Crippen molar-refractivity contribution in [3.8, 4) is 0 Å². The molecule has 1 heterocycles. The molecule has 0 unspecified atom stereocenters. The molecule has 1 aromatic heterocycles. The SMILES string of the molecule is C[C@H](OC(=O)c1ccc(S(=O)(=O)NCc2ccco2)cc1)C(=O)N(C)c1ccccc1. The van der Waals surface area contributed by atoms with E-state index in [4.69, 9.17) is 9.15 Å². The highest BCUT2D eigenvalue weighted by molar-refractivity contribution is 7.89. The maximum Gasteiger partial charge on any atom is 0.338 e. The van der Waals surface area contributed by atoms with E-state index in [9.17, 15) is 18.0 Å². The smallest absolute Gasteiger partial charge is 0.338 e. The second kappa shape index (κ2) is 9.59. The summed E-state index contributed by atoms with van der Waals surface area (Å²) in [6, 6.07) is 17.5. The van der Waals surface area contributed by atoms with Gasteiger partial charge in [0.2, 0.25) is 10.0 Å². The van der Waals surface area contributed by atoms with Crippen LogP contribution >= 0.6 is 0 Å². The van der Waals surface area contributed by atoms with E-state index in [1.807, 2.05) is 6.07 Å². The Hall–Kier alpha value is -3.43. The molecule has 0 fully saturated rings. The Morgan fingerprint density at radius 3 is 2.32 bits per heavy atom. The minimum atomic E-state index is -3.78. The Balaban J connectivity index is 1.61. The van der Waals surface area contributed by atoms with E-state index < -0.39 is 22.1 Å². The number of rotatable bonds is 8. The van der Waals surface area contributed by atoms with Crippen LogP contribution in [0.3, 0.4) is 0 Å². The van der Waals surface area contributed by atoms with Crippen molar-refractivity contribution >= 4 is 27.6 Å². The highest BCUT2D eigenvalue weighted by atomic mass is 32.2. The first kappa shape index (κ1) is 22.3. The fourth-order valence-electron chi connectivity index (χ4n) is 2.76. The molecule has 3 aromatic rings. The first-order valence-electron chi connectivity index (χ1n) is 9.43. The van der Waals surface area contributed by atoms with Gasteiger partial charge in [-0.25, -0.2) is 17.9 Å². The standard InChI is InChI=1S/C22H22N2O6S/c1-16(21(25)24(2)18-7-4-3-5-8-18)30-22(26)17-10-12-20(13-11-17)31(27,28)23-15-19-9-6-14-29-19/h3-14,16,23H,15H2,1-2H3/t16-/m0/s1. The maximum absolute atomic E-state index is 12.5. The van der Waals surface area contributed by atoms with Crippen molar-refractivity contribution in [1.82, 2.24) is 4.72 Å². The molecule has 0 aliphatic rings. The number of carbonyl (C=O) groups is 2. The molecular formula is C22H22N2O6S. The van der Waals surface area contributed by atoms with E-state index in [0.717, 1.165) is 0 Å². The third kappa shape index (κ3) is 5.59. The maximum atomic E-state index is 12.5. The first-order valence-corrected chi connectivity index (χ1v) is 10.9. The lowest BCUT2D eigenvalue weighted by Crippen LogP contribution is -2.37. The van der Waals surface area contributed by atoms with Crippen molar-refractivity contribution in [1.29, 1.82) is 0 Å². The quantitative estimate of drug-likeness (QED) is 0.538. The minimum absolute atomic E-state index is 0.00762. The van der Waals surface area contributed by atoms with E-state index in [2.05, 4.69) is 4.72 Å². The van der Waals surface area contributed by atoms with Gasteiger partial charge in [0.25, 0.3) is 5.91 Å². The van der Waals surface area contributed by atoms with Gasteiger partial charge in [-0.1, -0.05) is 18.2 Å². The van der Waals surface area contributed by atoms with Crippen molar-refractivity contribution in [3.05, 3.63) is 84.3 Å². The Labute approximate surface area is 180 Å². The number of para-hydroxylation sites is 1. The molecule has 1 N–H and O–H groups in total. The number of furan rings is 1. The third-order valence-corrected chi connectivity index (χ3v) is 5.94. The number of ether oxygens (including phenoxy) is 1. The van der Waals surface area contributed by atoms with Crippen molar-refractivity contribution in [3.63, 3.8) is 0 Å². The molecule has 9 heteroatoms. The minimum Gasteiger partial charge on any atom is -0.468 e. The summed E-state index contributed by atoms with van der Waals surface area (Å²) >= 11 is 0. The zero-order valence-electron chi connectivity index (χ0n) is 17.0. The van der Waals surface area contributed by atoms with Gasteiger partial charge in [0.1, 0.15) is 5.76 Å². The first-order chi connectivity index (χ1) is 14.8. The summed E-state index contributed by atoms with van der Waals surface area (Å²) in [6.45, 7) is 1.49. The molecule has 0 spiro atoms. The summed E-state index contributed by atoms with van der Waals surface area (Å²) in [7, 11) is -2.19. The molecule has 162 valence electrons. The topological polar surface area (TPSA) is 106 Å². The molecule has 8 nitrogen and oxygen atoms in total. The number of carbonyl (C=O) groups excluding carboxylic acids is 2. The lowest BCUT2D eigenvalue weighted by atomic mass is 10.2. The summed E-state index contributed by atoms with van der Waals surface area (Å²) in [5, 5.41) is 0. The predicted molar refractivity (Wildman–Crippen MR) is 114 cm³/mol. The van der Waals surface area contributed by atoms with Crippen LogP contribution in [0.25, 0.3) is 0 Å². The van der Waals surface area contributed by atoms with E-state index in [1.54, 1.807) is 43.4 Å². The Morgan fingerprint density at radius 2 is 1.71 bits per heavy atom. The average molecular weight is 442 g/mol. The summed E-state index contributed by atoms with van der Waals surface area (Å²) in [4.78, 5) is 26.3. The third-order valence-electron chi connectivity index (χ3n) is 4.52. The van der Waals surface area contributed by atoms with Crippen LogP contribution < -0.4 is 9.62 Å². The number of nitrogens with one attached hydrogen (secondary N) is 1. The molecule has 0 radical (unpaired) electrons. The van der Waals surface area contributed by atoms with Crippen LogP contribution in [0.1, 0.15) is 23.0 Å². The number of likely N-dealkylation sites (N-methyl/N-ethyl adjacent to an activating group) is 1. The van der Waals surface area contributed by atoms with E-state index in [1.165, 1.54) is 42.4 Å². The van der Waals surface area contributed by atoms with Crippen molar-refractivity contribution in [2.24, 2.45) is 0 Å². The van der Waals surface area contributed by atoms with Crippen LogP contribution in [-0.4, -0.2) is 33.4 Å². The Morgan fingerprint density at radius 1 is 1.03 bits per heavy atom. The molecule has 3 rings (SSSR count). The normalized spacial score (nSPS) is 12.2. The molecular weight excluding hydrogens is 420 g/mol. The fraction of sp³-hybridized carbons (Fsp3) is 0.182. The lowest BCUT2D eigenvalue weighted by molar-refractivity contribution is -0.126. The van der Waals surface area contributed by atoms with Crippen LogP contribution in [0, 0.1) is 0 Å². The largest absolute Gasteiger partial charge is 0.468 e. The Bertz CT molecular complexity index is 1130. The van der Waals surface area contributed by atoms with Gasteiger partial charge in [0.15, 0.2) is 6.10 Å². The number of esters is 1. The monoisotopic (exact) mass is 442 g/mol. The molecule has 31 heavy (non-hydrogen) atoms. The van der Waals surface area contributed by atoms with E-state index >= 15 is 0 Å². The highest BCUT2D eigenvalue weighted by Gasteiger charge is 2.23. The second-order valence-electron chi connectivity index (χ2n) is 6.71. The van der Waals surface area contributed by atoms with Gasteiger partial charge in [-0.2, -0.15) is 0 Å². The van der Waals surface area contributed by atoms with Gasteiger partial charge < -0.3 is 14.1 Å². The lowest BCUT2D eigenvalue weighted by Gasteiger charge is -2.21. The number of hydrogen-bond acceptors (Lipinski definition) is 6. The summed E-state index contributed by atoms with van der Waals surface area (Å²) in [6.07, 6.45) is 0.434. The van der Waals surface area contributed by atoms with Gasteiger partial charge in [0, 0.05) is 12.7 Å². The van der Waals surface area contributed by atoms with Crippen LogP contribution in [0.5, 0.6) is 0 Å². The van der Waals surface area contributed by atoms with Gasteiger partial charge in [-0.15, -0.1) is 0 Å². The van der Waals surface area contributed by atoms with Crippen LogP contribution in [0.4, 0.5) is 5.69 Å². The second-order valence-corrected chi connectivity index (χ2v) is 8.48. The van der Waals surface area contributed by atoms with Gasteiger partial charge in [-0.05, 0) is 55.5 Å². The number of hydrogen-bond donors (Lipinski definition) is 1. The molecule has 0 aliphatic carbocycles. The van der Waals surface area contributed by atoms with E-state index in [-0.39, 0.29) is 22.9 Å². The van der Waals surface area contributed by atoms with Crippen LogP contribution in [0.2, 0.25) is 0 Å². The predicted octanol–water partition coefficient (Wildman–Crippen LogP) is 2.97. The van der Waals surface area contributed by atoms with Gasteiger partial charge in [0.05, 0.1) is 23.3 Å². The summed E-state index contributed by atoms with van der Waals surface area (Å²) in [5.41, 5.74) is 0.805. The Kier molecular flexibility index (Phi) is 6.88. The van der Waals surface area contributed by atoms with Crippen LogP contribution in [0.15, 0.2) is 82.3 Å². The zero-order chi connectivity index (χ0) is 22.4. The van der Waals surface area contributed by atoms with Crippen LogP contribution in [-0.2, 0) is 26.1 Å². The number of nitrogens with zero attached hydrogens (tertiary/aromatic N) is 1. The summed E-state index contributed by atoms with van der Waals surface area (Å²) in [5.74, 6) is -0.640. The van der Waals surface area contributed by atoms with E-state index in [0.29, 0.717) is 11.4 Å². The molecule has 1 atom stereocenters. The molecule has 0 bridgehead atoms. The molecule has 0 saturated heterocycles. The van der Waals surface area contributed by atoms with Crippen molar-refractivity contribution in [2.75, 3.05) is 11.9 Å². The summed E-state index contributed by atoms with van der Waals surface area (Å²) < 4.78 is 37.5.